The van der Waals surface area contributed by atoms with Gasteiger partial charge in [0.25, 0.3) is 11.6 Å². The van der Waals surface area contributed by atoms with Crippen LogP contribution >= 0.6 is 0 Å². The lowest BCUT2D eigenvalue weighted by molar-refractivity contribution is -0.384. The number of carbonyl (C=O) groups excluding carboxylic acids is 2. The number of nitrogens with zero attached hydrogens (tertiary/aromatic N) is 3. The van der Waals surface area contributed by atoms with Crippen molar-refractivity contribution in [3.63, 3.8) is 0 Å². The van der Waals surface area contributed by atoms with Gasteiger partial charge in [-0.3, -0.25) is 19.7 Å². The Morgan fingerprint density at radius 3 is 2.32 bits per heavy atom. The van der Waals surface area contributed by atoms with Gasteiger partial charge in [0.05, 0.1) is 10.8 Å². The van der Waals surface area contributed by atoms with Crippen molar-refractivity contribution in [2.75, 3.05) is 37.7 Å². The molecule has 0 aromatic heterocycles. The lowest BCUT2D eigenvalue weighted by Gasteiger charge is -2.36. The fraction of sp³-hybridized carbons (Fsp3) is 0.529. The third kappa shape index (κ3) is 4.07. The Labute approximate surface area is 145 Å². The Morgan fingerprint density at radius 2 is 1.80 bits per heavy atom. The average Bonchev–Trinajstić information content (AvgIpc) is 3.36. The van der Waals surface area contributed by atoms with E-state index in [2.05, 4.69) is 4.90 Å². The Kier molecular flexibility index (Phi) is 4.87. The van der Waals surface area contributed by atoms with Crippen LogP contribution in [0.15, 0.2) is 24.3 Å². The van der Waals surface area contributed by atoms with Crippen LogP contribution < -0.4 is 4.90 Å². The molecule has 1 amide bonds. The molecule has 1 aliphatic carbocycles. The van der Waals surface area contributed by atoms with E-state index >= 15 is 0 Å². The first-order valence-electron chi connectivity index (χ1n) is 8.39. The standard InChI is InChI=1S/C17H21N3O5/c1-12-10-15(12)17(22)25-11-16(21)19-8-6-18(7-9-19)13-2-4-14(5-3-13)20(23)24/h2-5,12,15H,6-11H2,1H3. The van der Waals surface area contributed by atoms with Crippen LogP contribution in [0, 0.1) is 22.0 Å². The Balaban J connectivity index is 1.45. The van der Waals surface area contributed by atoms with Gasteiger partial charge < -0.3 is 14.5 Å². The highest BCUT2D eigenvalue weighted by Gasteiger charge is 2.40. The van der Waals surface area contributed by atoms with Crippen LogP contribution in [0.4, 0.5) is 11.4 Å². The SMILES string of the molecule is CC1CC1C(=O)OCC(=O)N1CCN(c2ccc([N+](=O)[O-])cc2)CC1. The Morgan fingerprint density at radius 1 is 1.20 bits per heavy atom. The van der Waals surface area contributed by atoms with Gasteiger partial charge in [0.1, 0.15) is 0 Å². The maximum Gasteiger partial charge on any atom is 0.309 e. The average molecular weight is 347 g/mol. The third-order valence-corrected chi connectivity index (χ3v) is 4.81. The predicted molar refractivity (Wildman–Crippen MR) is 90.1 cm³/mol. The van der Waals surface area contributed by atoms with Gasteiger partial charge in [0.2, 0.25) is 0 Å². The summed E-state index contributed by atoms with van der Waals surface area (Å²) in [6.07, 6.45) is 0.848. The molecule has 1 saturated heterocycles. The number of nitro groups is 1. The minimum Gasteiger partial charge on any atom is -0.455 e. The molecule has 2 aliphatic rings. The van der Waals surface area contributed by atoms with Gasteiger partial charge >= 0.3 is 5.97 Å². The molecule has 2 fully saturated rings. The number of non-ortho nitro benzene ring substituents is 1. The summed E-state index contributed by atoms with van der Waals surface area (Å²) in [5.41, 5.74) is 0.955. The number of hydrogen-bond acceptors (Lipinski definition) is 6. The molecule has 1 aliphatic heterocycles. The molecule has 8 heteroatoms. The zero-order valence-electron chi connectivity index (χ0n) is 14.1. The second-order valence-electron chi connectivity index (χ2n) is 6.57. The highest BCUT2D eigenvalue weighted by Crippen LogP contribution is 2.38. The number of anilines is 1. The van der Waals surface area contributed by atoms with E-state index < -0.39 is 4.92 Å². The summed E-state index contributed by atoms with van der Waals surface area (Å²) in [4.78, 5) is 37.8. The van der Waals surface area contributed by atoms with E-state index in [0.717, 1.165) is 12.1 Å². The molecule has 0 bridgehead atoms. The lowest BCUT2D eigenvalue weighted by Crippen LogP contribution is -2.50. The second kappa shape index (κ2) is 7.08. The number of nitro benzene ring substituents is 1. The van der Waals surface area contributed by atoms with Crippen molar-refractivity contribution in [1.29, 1.82) is 0 Å². The van der Waals surface area contributed by atoms with Crippen LogP contribution in [-0.4, -0.2) is 54.5 Å². The molecule has 2 unspecified atom stereocenters. The maximum atomic E-state index is 12.1. The molecule has 0 N–H and O–H groups in total. The molecule has 1 heterocycles. The predicted octanol–water partition coefficient (Wildman–Crippen LogP) is 1.44. The van der Waals surface area contributed by atoms with Gasteiger partial charge in [0, 0.05) is 44.0 Å². The van der Waals surface area contributed by atoms with Crippen LogP contribution in [0.25, 0.3) is 0 Å². The number of ether oxygens (including phenoxy) is 1. The molecule has 1 aromatic rings. The van der Waals surface area contributed by atoms with Gasteiger partial charge in [-0.15, -0.1) is 0 Å². The van der Waals surface area contributed by atoms with Crippen molar-refractivity contribution >= 4 is 23.3 Å². The Hall–Kier alpha value is -2.64. The topological polar surface area (TPSA) is 93.0 Å². The molecular formula is C17H21N3O5. The first kappa shape index (κ1) is 17.2. The first-order chi connectivity index (χ1) is 12.0. The normalized spacial score (nSPS) is 22.4. The van der Waals surface area contributed by atoms with E-state index in [4.69, 9.17) is 4.74 Å². The highest BCUT2D eigenvalue weighted by atomic mass is 16.6. The summed E-state index contributed by atoms with van der Waals surface area (Å²) < 4.78 is 5.09. The number of amides is 1. The summed E-state index contributed by atoms with van der Waals surface area (Å²) >= 11 is 0. The number of carbonyl (C=O) groups is 2. The number of rotatable bonds is 5. The molecule has 3 rings (SSSR count). The van der Waals surface area contributed by atoms with Crippen molar-refractivity contribution in [3.05, 3.63) is 34.4 Å². The zero-order chi connectivity index (χ0) is 18.0. The van der Waals surface area contributed by atoms with Crippen LogP contribution in [0.5, 0.6) is 0 Å². The van der Waals surface area contributed by atoms with E-state index in [0.29, 0.717) is 32.1 Å². The lowest BCUT2D eigenvalue weighted by atomic mass is 10.2. The fourth-order valence-electron chi connectivity index (χ4n) is 2.98. The largest absolute Gasteiger partial charge is 0.455 e. The van der Waals surface area contributed by atoms with Crippen LogP contribution in [0.2, 0.25) is 0 Å². The van der Waals surface area contributed by atoms with E-state index in [1.807, 2.05) is 6.92 Å². The monoisotopic (exact) mass is 347 g/mol. The zero-order valence-corrected chi connectivity index (χ0v) is 14.1. The van der Waals surface area contributed by atoms with E-state index in [-0.39, 0.29) is 30.1 Å². The van der Waals surface area contributed by atoms with Crippen molar-refractivity contribution in [2.45, 2.75) is 13.3 Å². The third-order valence-electron chi connectivity index (χ3n) is 4.81. The molecule has 1 saturated carbocycles. The molecule has 2 atom stereocenters. The Bertz CT molecular complexity index is 667. The van der Waals surface area contributed by atoms with Gasteiger partial charge in [-0.1, -0.05) is 6.92 Å². The molecule has 0 radical (unpaired) electrons. The number of hydrogen-bond donors (Lipinski definition) is 0. The minimum absolute atomic E-state index is 0.0354. The molecule has 1 aromatic carbocycles. The summed E-state index contributed by atoms with van der Waals surface area (Å²) in [7, 11) is 0. The van der Waals surface area contributed by atoms with Crippen molar-refractivity contribution in [3.8, 4) is 0 Å². The molecule has 25 heavy (non-hydrogen) atoms. The van der Waals surface area contributed by atoms with Crippen LogP contribution in [0.3, 0.4) is 0 Å². The maximum absolute atomic E-state index is 12.1. The molecular weight excluding hydrogens is 326 g/mol. The number of piperazine rings is 1. The van der Waals surface area contributed by atoms with E-state index in [9.17, 15) is 19.7 Å². The summed E-state index contributed by atoms with van der Waals surface area (Å²) in [6, 6.07) is 6.39. The quantitative estimate of drug-likeness (QED) is 0.455. The van der Waals surface area contributed by atoms with Crippen molar-refractivity contribution in [2.24, 2.45) is 11.8 Å². The van der Waals surface area contributed by atoms with E-state index in [1.165, 1.54) is 12.1 Å². The van der Waals surface area contributed by atoms with Crippen LogP contribution in [0.1, 0.15) is 13.3 Å². The van der Waals surface area contributed by atoms with Crippen molar-refractivity contribution in [1.82, 2.24) is 4.90 Å². The van der Waals surface area contributed by atoms with Gasteiger partial charge in [-0.05, 0) is 24.5 Å². The minimum atomic E-state index is -0.427. The molecule has 0 spiro atoms. The molecule has 8 nitrogen and oxygen atoms in total. The summed E-state index contributed by atoms with van der Waals surface area (Å²) in [5, 5.41) is 10.7. The van der Waals surface area contributed by atoms with Gasteiger partial charge in [-0.2, -0.15) is 0 Å². The van der Waals surface area contributed by atoms with E-state index in [1.54, 1.807) is 17.0 Å². The summed E-state index contributed by atoms with van der Waals surface area (Å²) in [5.74, 6) is -0.116. The summed E-state index contributed by atoms with van der Waals surface area (Å²) in [6.45, 7) is 4.14. The fourth-order valence-corrected chi connectivity index (χ4v) is 2.98. The van der Waals surface area contributed by atoms with Crippen LogP contribution in [-0.2, 0) is 14.3 Å². The first-order valence-corrected chi connectivity index (χ1v) is 8.39. The smallest absolute Gasteiger partial charge is 0.309 e. The number of esters is 1. The highest BCUT2D eigenvalue weighted by molar-refractivity contribution is 5.82. The second-order valence-corrected chi connectivity index (χ2v) is 6.57. The van der Waals surface area contributed by atoms with Gasteiger partial charge in [0.15, 0.2) is 6.61 Å². The number of benzene rings is 1. The van der Waals surface area contributed by atoms with Crippen molar-refractivity contribution < 1.29 is 19.2 Å². The molecule has 134 valence electrons. The van der Waals surface area contributed by atoms with Gasteiger partial charge in [-0.25, -0.2) is 0 Å².